The van der Waals surface area contributed by atoms with Crippen molar-refractivity contribution in [2.75, 3.05) is 16.6 Å². The SMILES string of the molecule is COC(=O)NC(Cc1ccccc1)C(=O)NC(Cc1ccc(NS(=O)(=O)[O-])cc1)c1csc(-c2cccs2)[nH+]1.O=S(=O)([O-])Nc1ccc(C[C@H]([NH2+]c2cccc(F)c2)c2csc(-c3cccs3)n2)cc1. The molecule has 2 amide bonds. The molecule has 0 aliphatic heterocycles. The number of aromatic amines is 1. The molecule has 364 valence electrons. The van der Waals surface area contributed by atoms with Gasteiger partial charge < -0.3 is 29.8 Å². The second-order valence-corrected chi connectivity index (χ2v) is 21.2. The van der Waals surface area contributed by atoms with Crippen molar-refractivity contribution in [3.8, 4) is 19.8 Å². The van der Waals surface area contributed by atoms with Gasteiger partial charge in [-0.15, -0.1) is 34.0 Å². The number of amides is 2. The predicted molar refractivity (Wildman–Crippen MR) is 268 cm³/mol. The molecule has 0 aliphatic carbocycles. The highest BCUT2D eigenvalue weighted by Gasteiger charge is 2.29. The van der Waals surface area contributed by atoms with Crippen molar-refractivity contribution < 1.29 is 55.0 Å². The summed E-state index contributed by atoms with van der Waals surface area (Å²) in [7, 11) is -7.98. The topological polar surface area (TPSA) is 250 Å². The van der Waals surface area contributed by atoms with Crippen molar-refractivity contribution in [1.29, 1.82) is 0 Å². The van der Waals surface area contributed by atoms with Gasteiger partial charge in [-0.2, -0.15) is 4.98 Å². The first-order chi connectivity index (χ1) is 33.6. The van der Waals surface area contributed by atoms with Crippen LogP contribution in [0.2, 0.25) is 0 Å². The van der Waals surface area contributed by atoms with E-state index in [1.54, 1.807) is 76.5 Å². The third-order valence-electron chi connectivity index (χ3n) is 10.2. The summed E-state index contributed by atoms with van der Waals surface area (Å²) in [6, 6.07) is 35.0. The number of benzene rings is 4. The fraction of sp³-hybridized carbons (Fsp3) is 0.149. The third kappa shape index (κ3) is 15.8. The molecular weight excluding hydrogens is 1020 g/mol. The van der Waals surface area contributed by atoms with Gasteiger partial charge in [0.05, 0.1) is 17.4 Å². The number of anilines is 2. The van der Waals surface area contributed by atoms with Crippen LogP contribution >= 0.6 is 45.3 Å². The quantitative estimate of drug-likeness (QED) is 0.0392. The molecule has 7 N–H and O–H groups in total. The number of carbonyl (C=O) groups excluding carboxylic acids is 2. The van der Waals surface area contributed by atoms with Crippen LogP contribution in [-0.4, -0.2) is 56.1 Å². The van der Waals surface area contributed by atoms with Gasteiger partial charge in [-0.05, 0) is 76.0 Å². The van der Waals surface area contributed by atoms with Crippen molar-refractivity contribution in [1.82, 2.24) is 15.6 Å². The lowest BCUT2D eigenvalue weighted by Gasteiger charge is -2.21. The van der Waals surface area contributed by atoms with Gasteiger partial charge in [0.2, 0.25) is 11.6 Å². The number of rotatable bonds is 19. The Morgan fingerprint density at radius 3 is 1.90 bits per heavy atom. The maximum Gasteiger partial charge on any atom is 0.407 e. The molecule has 8 aromatic rings. The van der Waals surface area contributed by atoms with E-state index in [1.165, 1.54) is 42.7 Å². The molecule has 8 rings (SSSR count). The molecular formula is C47H44FN7O9S6. The summed E-state index contributed by atoms with van der Waals surface area (Å²) in [5, 5.41) is 17.4. The Labute approximate surface area is 419 Å². The Morgan fingerprint density at radius 1 is 0.700 bits per heavy atom. The molecule has 0 saturated carbocycles. The first-order valence-corrected chi connectivity index (χ1v) is 27.4. The standard InChI is InChI=1S/C26H26N4O6S3.C21H18FN3O3S3/c1-36-26(32)29-21(15-17-6-3-2-4-7-17)24(31)27-20(22-16-38-25(28-22)23-8-5-13-37-23)14-18-9-11-19(12-10-18)30-39(33,34)35;22-15-3-1-4-17(12-15)23-18(19-13-30-21(24-19)20-5-2-10-29-20)11-14-6-8-16(9-7-14)25-31(26,27)28/h2-13,16,20-21,30H,14-15H2,1H3,(H,27,31)(H,29,32)(H,33,34,35);1-10,12-13,18,23,25H,11H2,(H,26,27,28)/t;18-/m.0/s1. The Hall–Kier alpha value is -6.41. The number of alkyl carbamates (subject to hydrolysis) is 1. The van der Waals surface area contributed by atoms with Crippen molar-refractivity contribution in [3.63, 3.8) is 0 Å². The number of halogens is 1. The summed E-state index contributed by atoms with van der Waals surface area (Å²) in [6.45, 7) is 0. The van der Waals surface area contributed by atoms with Crippen LogP contribution in [0, 0.1) is 5.82 Å². The maximum absolute atomic E-state index is 13.7. The van der Waals surface area contributed by atoms with Crippen LogP contribution in [0.15, 0.2) is 149 Å². The molecule has 0 aliphatic rings. The molecule has 4 aromatic heterocycles. The minimum absolute atomic E-state index is 0.117. The average Bonchev–Trinajstić information content (AvgIpc) is 4.18. The van der Waals surface area contributed by atoms with Crippen molar-refractivity contribution in [2.45, 2.75) is 37.4 Å². The van der Waals surface area contributed by atoms with Crippen LogP contribution < -0.4 is 30.4 Å². The van der Waals surface area contributed by atoms with E-state index in [0.717, 1.165) is 53.5 Å². The average molecular weight is 1060 g/mol. The number of hydrogen-bond acceptors (Lipinski definition) is 14. The number of nitrogens with one attached hydrogen (secondary N) is 5. The molecule has 3 atom stereocenters. The van der Waals surface area contributed by atoms with E-state index < -0.39 is 44.7 Å². The van der Waals surface area contributed by atoms with Gasteiger partial charge in [0.15, 0.2) is 20.6 Å². The third-order valence-corrected chi connectivity index (χ3v) is 15.1. The molecule has 0 spiro atoms. The molecule has 23 heteroatoms. The molecule has 16 nitrogen and oxygen atoms in total. The van der Waals surface area contributed by atoms with Crippen LogP contribution in [0.4, 0.5) is 26.2 Å². The lowest BCUT2D eigenvalue weighted by molar-refractivity contribution is -0.618. The zero-order valence-corrected chi connectivity index (χ0v) is 41.7. The lowest BCUT2D eigenvalue weighted by Crippen LogP contribution is -2.80. The Bertz CT molecular complexity index is 3180. The number of carbonyl (C=O) groups is 2. The molecule has 2 unspecified atom stereocenters. The van der Waals surface area contributed by atoms with E-state index in [9.17, 15) is 39.9 Å². The van der Waals surface area contributed by atoms with Gasteiger partial charge in [0, 0.05) is 42.1 Å². The highest BCUT2D eigenvalue weighted by molar-refractivity contribution is 7.87. The maximum atomic E-state index is 13.7. The van der Waals surface area contributed by atoms with Gasteiger partial charge in [0.25, 0.3) is 5.01 Å². The molecule has 4 heterocycles. The highest BCUT2D eigenvalue weighted by Crippen LogP contribution is 2.31. The van der Waals surface area contributed by atoms with E-state index in [1.807, 2.05) is 96.9 Å². The number of aromatic nitrogens is 2. The van der Waals surface area contributed by atoms with Gasteiger partial charge in [0.1, 0.15) is 45.2 Å². The molecule has 0 radical (unpaired) electrons. The lowest BCUT2D eigenvalue weighted by atomic mass is 10.0. The van der Waals surface area contributed by atoms with Crippen LogP contribution in [0.3, 0.4) is 0 Å². The summed E-state index contributed by atoms with van der Waals surface area (Å²) in [6.07, 6.45) is 0.464. The number of nitrogens with zero attached hydrogens (tertiary/aromatic N) is 1. The van der Waals surface area contributed by atoms with Gasteiger partial charge >= 0.3 is 6.09 Å². The number of quaternary nitrogens is 1. The molecule has 70 heavy (non-hydrogen) atoms. The summed E-state index contributed by atoms with van der Waals surface area (Å²) >= 11 is 6.29. The minimum Gasteiger partial charge on any atom is -0.731 e. The first kappa shape index (κ1) is 51.4. The normalized spacial score (nSPS) is 12.7. The fourth-order valence-electron chi connectivity index (χ4n) is 7.04. The number of thiophene rings is 2. The van der Waals surface area contributed by atoms with E-state index in [-0.39, 0.29) is 29.7 Å². The van der Waals surface area contributed by atoms with Crippen molar-refractivity contribution in [2.24, 2.45) is 0 Å². The van der Waals surface area contributed by atoms with E-state index in [4.69, 9.17) is 9.72 Å². The molecule has 4 aromatic carbocycles. The number of hydrogen-bond donors (Lipinski definition) is 5. The second-order valence-electron chi connectivity index (χ2n) is 15.4. The number of nitrogens with two attached hydrogens (primary N) is 1. The van der Waals surface area contributed by atoms with Crippen LogP contribution in [0.25, 0.3) is 19.8 Å². The predicted octanol–water partition coefficient (Wildman–Crippen LogP) is 7.59. The van der Waals surface area contributed by atoms with E-state index in [0.29, 0.717) is 12.8 Å². The van der Waals surface area contributed by atoms with Crippen molar-refractivity contribution >= 4 is 95.0 Å². The summed E-state index contributed by atoms with van der Waals surface area (Å²) in [5.74, 6) is -0.707. The van der Waals surface area contributed by atoms with E-state index >= 15 is 0 Å². The number of ether oxygens (including phenoxy) is 1. The van der Waals surface area contributed by atoms with E-state index in [2.05, 4.69) is 15.6 Å². The van der Waals surface area contributed by atoms with Crippen molar-refractivity contribution in [3.05, 3.63) is 183 Å². The Kier molecular flexibility index (Phi) is 17.6. The Morgan fingerprint density at radius 2 is 1.31 bits per heavy atom. The van der Waals surface area contributed by atoms with Gasteiger partial charge in [-0.25, -0.2) is 31.0 Å². The summed E-state index contributed by atoms with van der Waals surface area (Å²) in [5.41, 5.74) is 5.32. The number of thiazole rings is 2. The minimum atomic E-state index is -4.64. The second kappa shape index (κ2) is 23.9. The number of H-pyrrole nitrogens is 1. The highest BCUT2D eigenvalue weighted by atomic mass is 32.2. The molecule has 0 fully saturated rings. The zero-order valence-electron chi connectivity index (χ0n) is 36.8. The van der Waals surface area contributed by atoms with Crippen LogP contribution in [0.1, 0.15) is 40.2 Å². The van der Waals surface area contributed by atoms with Gasteiger partial charge in [-0.3, -0.25) is 14.2 Å². The zero-order chi connectivity index (χ0) is 49.7. The van der Waals surface area contributed by atoms with Gasteiger partial charge in [-0.1, -0.05) is 84.1 Å². The summed E-state index contributed by atoms with van der Waals surface area (Å²) < 4.78 is 87.9. The largest absolute Gasteiger partial charge is 0.731 e. The number of methoxy groups -OCH3 is 1. The molecule has 0 saturated heterocycles. The van der Waals surface area contributed by atoms with Crippen LogP contribution in [-0.2, 0) is 49.4 Å². The van der Waals surface area contributed by atoms with Crippen LogP contribution in [0.5, 0.6) is 0 Å². The first-order valence-electron chi connectivity index (χ1n) is 21.0. The molecule has 0 bridgehead atoms. The summed E-state index contributed by atoms with van der Waals surface area (Å²) in [4.78, 5) is 35.9. The Balaban J connectivity index is 0.000000212. The smallest absolute Gasteiger partial charge is 0.407 e. The fourth-order valence-corrected chi connectivity index (χ4v) is 11.3. The monoisotopic (exact) mass is 1060 g/mol.